The summed E-state index contributed by atoms with van der Waals surface area (Å²) < 4.78 is 1.04. The maximum Gasteiger partial charge on any atom is 0.280 e. The Labute approximate surface area is 164 Å². The first-order valence-electron chi connectivity index (χ1n) is 9.26. The molecule has 0 atom stereocenters. The molecule has 6 heteroatoms. The van der Waals surface area contributed by atoms with Gasteiger partial charge in [0.25, 0.3) is 5.91 Å². The standard InChI is InChI=1S/C21H26N4OS/c1-25(13-4-5-16-8-10-17(15-22)11-9-16)14-12-23-20(26)21-24-18-6-2-3-7-19(18)27-21/h2-3,6-11H,4-5,12-15,22H2,1H3,(H,23,26). The van der Waals surface area contributed by atoms with Crippen LogP contribution in [0.2, 0.25) is 0 Å². The number of thiazole rings is 1. The van der Waals surface area contributed by atoms with Gasteiger partial charge in [-0.15, -0.1) is 11.3 Å². The smallest absolute Gasteiger partial charge is 0.280 e. The Kier molecular flexibility index (Phi) is 6.92. The lowest BCUT2D eigenvalue weighted by Gasteiger charge is -2.16. The van der Waals surface area contributed by atoms with Crippen LogP contribution < -0.4 is 11.1 Å². The molecule has 0 aliphatic heterocycles. The predicted octanol–water partition coefficient (Wildman–Crippen LogP) is 3.05. The number of carbonyl (C=O) groups is 1. The van der Waals surface area contributed by atoms with Crippen LogP contribution in [0.15, 0.2) is 48.5 Å². The number of nitrogens with one attached hydrogen (secondary N) is 1. The van der Waals surface area contributed by atoms with Gasteiger partial charge in [-0.1, -0.05) is 36.4 Å². The SMILES string of the molecule is CN(CCCc1ccc(CN)cc1)CCNC(=O)c1nc2ccccc2s1. The second-order valence-electron chi connectivity index (χ2n) is 6.67. The first-order chi connectivity index (χ1) is 13.2. The molecule has 1 aromatic heterocycles. The molecule has 0 spiro atoms. The second kappa shape index (κ2) is 9.60. The van der Waals surface area contributed by atoms with Gasteiger partial charge in [0.15, 0.2) is 5.01 Å². The maximum atomic E-state index is 12.3. The van der Waals surface area contributed by atoms with Crippen molar-refractivity contribution in [3.63, 3.8) is 0 Å². The number of amides is 1. The minimum Gasteiger partial charge on any atom is -0.349 e. The van der Waals surface area contributed by atoms with Crippen molar-refractivity contribution < 1.29 is 4.79 Å². The first-order valence-corrected chi connectivity index (χ1v) is 10.1. The van der Waals surface area contributed by atoms with Crippen LogP contribution in [-0.4, -0.2) is 42.5 Å². The fourth-order valence-electron chi connectivity index (χ4n) is 2.91. The molecule has 0 fully saturated rings. The number of aryl methyl sites for hydroxylation is 1. The molecule has 3 N–H and O–H groups in total. The summed E-state index contributed by atoms with van der Waals surface area (Å²) >= 11 is 1.43. The van der Waals surface area contributed by atoms with Crippen LogP contribution >= 0.6 is 11.3 Å². The normalized spacial score (nSPS) is 11.2. The van der Waals surface area contributed by atoms with E-state index >= 15 is 0 Å². The number of nitrogens with two attached hydrogens (primary N) is 1. The molecule has 0 aliphatic rings. The summed E-state index contributed by atoms with van der Waals surface area (Å²) in [4.78, 5) is 18.9. The Balaban J connectivity index is 1.36. The average molecular weight is 383 g/mol. The molecule has 1 heterocycles. The van der Waals surface area contributed by atoms with Crippen molar-refractivity contribution in [1.29, 1.82) is 0 Å². The number of nitrogens with zero attached hydrogens (tertiary/aromatic N) is 2. The van der Waals surface area contributed by atoms with Crippen molar-refractivity contribution in [1.82, 2.24) is 15.2 Å². The fourth-order valence-corrected chi connectivity index (χ4v) is 3.79. The van der Waals surface area contributed by atoms with Gasteiger partial charge in [0, 0.05) is 19.6 Å². The van der Waals surface area contributed by atoms with Crippen LogP contribution in [0, 0.1) is 0 Å². The Morgan fingerprint density at radius 3 is 2.59 bits per heavy atom. The van der Waals surface area contributed by atoms with Crippen molar-refractivity contribution in [3.05, 3.63) is 64.7 Å². The zero-order chi connectivity index (χ0) is 19.1. The molecule has 0 radical (unpaired) electrons. The van der Waals surface area contributed by atoms with Gasteiger partial charge in [-0.3, -0.25) is 4.79 Å². The summed E-state index contributed by atoms with van der Waals surface area (Å²) in [5.41, 5.74) is 9.01. The van der Waals surface area contributed by atoms with Crippen molar-refractivity contribution in [3.8, 4) is 0 Å². The highest BCUT2D eigenvalue weighted by Gasteiger charge is 2.11. The highest BCUT2D eigenvalue weighted by Crippen LogP contribution is 2.21. The predicted molar refractivity (Wildman–Crippen MR) is 112 cm³/mol. The van der Waals surface area contributed by atoms with E-state index in [1.54, 1.807) is 0 Å². The Morgan fingerprint density at radius 1 is 1.11 bits per heavy atom. The molecule has 27 heavy (non-hydrogen) atoms. The van der Waals surface area contributed by atoms with Gasteiger partial charge in [-0.25, -0.2) is 4.98 Å². The lowest BCUT2D eigenvalue weighted by molar-refractivity contribution is 0.0949. The third-order valence-corrected chi connectivity index (χ3v) is 5.57. The van der Waals surface area contributed by atoms with Crippen LogP contribution in [0.5, 0.6) is 0 Å². The number of hydrogen-bond donors (Lipinski definition) is 2. The van der Waals surface area contributed by atoms with E-state index in [-0.39, 0.29) is 5.91 Å². The average Bonchev–Trinajstić information content (AvgIpc) is 3.13. The van der Waals surface area contributed by atoms with Crippen LogP contribution in [0.25, 0.3) is 10.2 Å². The highest BCUT2D eigenvalue weighted by atomic mass is 32.1. The largest absolute Gasteiger partial charge is 0.349 e. The minimum absolute atomic E-state index is 0.0930. The molecule has 142 valence electrons. The van der Waals surface area contributed by atoms with Gasteiger partial charge in [0.2, 0.25) is 0 Å². The molecule has 2 aromatic carbocycles. The van der Waals surface area contributed by atoms with Gasteiger partial charge in [-0.2, -0.15) is 0 Å². The quantitative estimate of drug-likeness (QED) is 0.597. The van der Waals surface area contributed by atoms with Crippen LogP contribution in [0.3, 0.4) is 0 Å². The number of benzene rings is 2. The monoisotopic (exact) mass is 382 g/mol. The molecule has 1 amide bonds. The zero-order valence-electron chi connectivity index (χ0n) is 15.6. The van der Waals surface area contributed by atoms with E-state index in [1.165, 1.54) is 22.5 Å². The number of rotatable bonds is 9. The van der Waals surface area contributed by atoms with Crippen molar-refractivity contribution >= 4 is 27.5 Å². The van der Waals surface area contributed by atoms with E-state index in [2.05, 4.69) is 46.5 Å². The Morgan fingerprint density at radius 2 is 1.85 bits per heavy atom. The van der Waals surface area contributed by atoms with Crippen LogP contribution in [0.1, 0.15) is 27.3 Å². The number of likely N-dealkylation sites (N-methyl/N-ethyl adjacent to an activating group) is 1. The summed E-state index contributed by atoms with van der Waals surface area (Å²) in [7, 11) is 2.08. The van der Waals surface area contributed by atoms with E-state index in [1.807, 2.05) is 24.3 Å². The molecule has 0 saturated heterocycles. The van der Waals surface area contributed by atoms with Crippen LogP contribution in [-0.2, 0) is 13.0 Å². The van der Waals surface area contributed by atoms with Crippen LogP contribution in [0.4, 0.5) is 0 Å². The molecular formula is C21H26N4OS. The van der Waals surface area contributed by atoms with E-state index in [9.17, 15) is 4.79 Å². The highest BCUT2D eigenvalue weighted by molar-refractivity contribution is 7.20. The van der Waals surface area contributed by atoms with E-state index < -0.39 is 0 Å². The first kappa shape index (κ1) is 19.5. The van der Waals surface area contributed by atoms with E-state index in [4.69, 9.17) is 5.73 Å². The number of aromatic nitrogens is 1. The summed E-state index contributed by atoms with van der Waals surface area (Å²) in [5, 5.41) is 3.49. The fraction of sp³-hybridized carbons (Fsp3) is 0.333. The van der Waals surface area contributed by atoms with Crippen molar-refractivity contribution in [2.45, 2.75) is 19.4 Å². The lowest BCUT2D eigenvalue weighted by Crippen LogP contribution is -2.33. The van der Waals surface area contributed by atoms with Gasteiger partial charge in [0.05, 0.1) is 10.2 Å². The summed E-state index contributed by atoms with van der Waals surface area (Å²) in [5.74, 6) is -0.0930. The number of fused-ring (bicyclic) bond motifs is 1. The van der Waals surface area contributed by atoms with Gasteiger partial charge < -0.3 is 16.0 Å². The molecule has 0 saturated carbocycles. The molecular weight excluding hydrogens is 356 g/mol. The molecule has 0 aliphatic carbocycles. The summed E-state index contributed by atoms with van der Waals surface area (Å²) in [6.45, 7) is 3.03. The Hall–Kier alpha value is -2.28. The molecule has 3 rings (SSSR count). The lowest BCUT2D eigenvalue weighted by atomic mass is 10.1. The summed E-state index contributed by atoms with van der Waals surface area (Å²) in [6.07, 6.45) is 2.14. The van der Waals surface area contributed by atoms with Crippen molar-refractivity contribution in [2.24, 2.45) is 5.73 Å². The molecule has 5 nitrogen and oxygen atoms in total. The minimum atomic E-state index is -0.0930. The van der Waals surface area contributed by atoms with Gasteiger partial charge in [-0.05, 0) is 49.7 Å². The number of hydrogen-bond acceptors (Lipinski definition) is 5. The second-order valence-corrected chi connectivity index (χ2v) is 7.70. The molecule has 0 bridgehead atoms. The Bertz CT molecular complexity index is 842. The third kappa shape index (κ3) is 5.60. The topological polar surface area (TPSA) is 71.2 Å². The van der Waals surface area contributed by atoms with Gasteiger partial charge >= 0.3 is 0 Å². The van der Waals surface area contributed by atoms with Crippen molar-refractivity contribution in [2.75, 3.05) is 26.7 Å². The zero-order valence-corrected chi connectivity index (χ0v) is 16.5. The van der Waals surface area contributed by atoms with Gasteiger partial charge in [0.1, 0.15) is 0 Å². The summed E-state index contributed by atoms with van der Waals surface area (Å²) in [6, 6.07) is 16.3. The molecule has 3 aromatic rings. The number of para-hydroxylation sites is 1. The molecule has 0 unspecified atom stereocenters. The third-order valence-electron chi connectivity index (χ3n) is 4.53. The van der Waals surface area contributed by atoms with E-state index in [0.29, 0.717) is 18.1 Å². The van der Waals surface area contributed by atoms with E-state index in [0.717, 1.165) is 36.1 Å². The maximum absolute atomic E-state index is 12.3. The number of carbonyl (C=O) groups excluding carboxylic acids is 1.